The van der Waals surface area contributed by atoms with E-state index in [0.717, 1.165) is 12.2 Å². The molecule has 0 heterocycles. The molecule has 3 heteroatoms. The van der Waals surface area contributed by atoms with Gasteiger partial charge < -0.3 is 10.1 Å². The summed E-state index contributed by atoms with van der Waals surface area (Å²) in [4.78, 5) is 12.1. The number of ether oxygens (including phenoxy) is 1. The van der Waals surface area contributed by atoms with Gasteiger partial charge in [0.05, 0.1) is 0 Å². The summed E-state index contributed by atoms with van der Waals surface area (Å²) in [6.45, 7) is 6.85. The monoisotopic (exact) mass is 275 g/mol. The van der Waals surface area contributed by atoms with E-state index in [1.54, 1.807) is 0 Å². The predicted octanol–water partition coefficient (Wildman–Crippen LogP) is 3.10. The molecular weight excluding hydrogens is 250 g/mol. The van der Waals surface area contributed by atoms with Gasteiger partial charge in [-0.15, -0.1) is 0 Å². The Balaban J connectivity index is 1.97. The fraction of sp³-hybridized carbons (Fsp3) is 0.588. The van der Waals surface area contributed by atoms with Crippen LogP contribution in [0.3, 0.4) is 0 Å². The maximum atomic E-state index is 12.1. The van der Waals surface area contributed by atoms with Crippen molar-refractivity contribution in [1.82, 2.24) is 5.32 Å². The molecule has 1 aromatic carbocycles. The average molecular weight is 275 g/mol. The van der Waals surface area contributed by atoms with E-state index in [-0.39, 0.29) is 5.91 Å². The summed E-state index contributed by atoms with van der Waals surface area (Å²) < 4.78 is 5.87. The Hall–Kier alpha value is -1.51. The normalized spacial score (nSPS) is 15.0. The van der Waals surface area contributed by atoms with Gasteiger partial charge in [0, 0.05) is 6.54 Å². The minimum Gasteiger partial charge on any atom is -0.481 e. The number of benzene rings is 1. The zero-order valence-corrected chi connectivity index (χ0v) is 12.7. The van der Waals surface area contributed by atoms with Crippen molar-refractivity contribution in [3.63, 3.8) is 0 Å². The van der Waals surface area contributed by atoms with Crippen LogP contribution >= 0.6 is 0 Å². The summed E-state index contributed by atoms with van der Waals surface area (Å²) in [7, 11) is 0. The number of amides is 1. The van der Waals surface area contributed by atoms with Crippen molar-refractivity contribution in [2.75, 3.05) is 6.54 Å². The van der Waals surface area contributed by atoms with Gasteiger partial charge in [-0.2, -0.15) is 0 Å². The van der Waals surface area contributed by atoms with Crippen molar-refractivity contribution in [1.29, 1.82) is 0 Å². The summed E-state index contributed by atoms with van der Waals surface area (Å²) >= 11 is 0. The molecule has 1 aromatic rings. The van der Waals surface area contributed by atoms with E-state index in [0.29, 0.717) is 18.9 Å². The maximum absolute atomic E-state index is 12.1. The molecule has 0 unspecified atom stereocenters. The van der Waals surface area contributed by atoms with E-state index in [1.165, 1.54) is 24.0 Å². The van der Waals surface area contributed by atoms with Crippen LogP contribution in [0.5, 0.6) is 5.75 Å². The molecular formula is C17H25NO2. The quantitative estimate of drug-likeness (QED) is 0.866. The minimum absolute atomic E-state index is 0.0123. The second-order valence-electron chi connectivity index (χ2n) is 5.94. The number of rotatable bonds is 6. The molecule has 1 atom stereocenters. The van der Waals surface area contributed by atoms with E-state index >= 15 is 0 Å². The smallest absolute Gasteiger partial charge is 0.261 e. The summed E-state index contributed by atoms with van der Waals surface area (Å²) in [5.74, 6) is 1.26. The average Bonchev–Trinajstić information content (AvgIpc) is 2.89. The Morgan fingerprint density at radius 1 is 1.30 bits per heavy atom. The zero-order chi connectivity index (χ0) is 14.5. The zero-order valence-electron chi connectivity index (χ0n) is 12.7. The first-order chi connectivity index (χ1) is 9.60. The summed E-state index contributed by atoms with van der Waals surface area (Å²) in [6.07, 6.45) is 3.81. The van der Waals surface area contributed by atoms with Crippen molar-refractivity contribution in [2.24, 2.45) is 5.92 Å². The van der Waals surface area contributed by atoms with Crippen LogP contribution in [0.15, 0.2) is 18.2 Å². The van der Waals surface area contributed by atoms with Crippen molar-refractivity contribution in [3.05, 3.63) is 29.3 Å². The van der Waals surface area contributed by atoms with Gasteiger partial charge in [0.2, 0.25) is 0 Å². The molecule has 1 N–H and O–H groups in total. The van der Waals surface area contributed by atoms with Crippen LogP contribution in [0, 0.1) is 5.92 Å². The predicted molar refractivity (Wildman–Crippen MR) is 81.0 cm³/mol. The standard InChI is InChI=1S/C17H25NO2/c1-4-16(17(19)18-11-12(2)3)20-15-9-8-13-6-5-7-14(13)10-15/h8-10,12,16H,4-7,11H2,1-3H3,(H,18,19)/t16-/m1/s1. The lowest BCUT2D eigenvalue weighted by Crippen LogP contribution is -2.39. The summed E-state index contributed by atoms with van der Waals surface area (Å²) in [5.41, 5.74) is 2.80. The summed E-state index contributed by atoms with van der Waals surface area (Å²) in [5, 5.41) is 2.94. The largest absolute Gasteiger partial charge is 0.481 e. The molecule has 0 saturated carbocycles. The Kier molecular flexibility index (Phi) is 5.05. The molecule has 0 saturated heterocycles. The molecule has 0 radical (unpaired) electrons. The van der Waals surface area contributed by atoms with Crippen LogP contribution < -0.4 is 10.1 Å². The molecule has 2 rings (SSSR count). The topological polar surface area (TPSA) is 38.3 Å². The number of carbonyl (C=O) groups is 1. The number of fused-ring (bicyclic) bond motifs is 1. The number of nitrogens with one attached hydrogen (secondary N) is 1. The van der Waals surface area contributed by atoms with E-state index in [9.17, 15) is 4.79 Å². The van der Waals surface area contributed by atoms with Gasteiger partial charge in [-0.25, -0.2) is 0 Å². The second kappa shape index (κ2) is 6.78. The lowest BCUT2D eigenvalue weighted by atomic mass is 10.1. The van der Waals surface area contributed by atoms with Crippen LogP contribution in [-0.2, 0) is 17.6 Å². The highest BCUT2D eigenvalue weighted by molar-refractivity contribution is 5.81. The molecule has 0 fully saturated rings. The minimum atomic E-state index is -0.395. The maximum Gasteiger partial charge on any atom is 0.261 e. The highest BCUT2D eigenvalue weighted by atomic mass is 16.5. The first kappa shape index (κ1) is 14.9. The number of aryl methyl sites for hydroxylation is 2. The van der Waals surface area contributed by atoms with Gasteiger partial charge >= 0.3 is 0 Å². The number of hydrogen-bond donors (Lipinski definition) is 1. The first-order valence-corrected chi connectivity index (χ1v) is 7.66. The third-order valence-corrected chi connectivity index (χ3v) is 3.70. The van der Waals surface area contributed by atoms with Crippen LogP contribution in [0.1, 0.15) is 44.7 Å². The Bertz CT molecular complexity index is 468. The van der Waals surface area contributed by atoms with Gasteiger partial charge in [-0.1, -0.05) is 26.8 Å². The van der Waals surface area contributed by atoms with Crippen LogP contribution in [0.2, 0.25) is 0 Å². The van der Waals surface area contributed by atoms with Crippen molar-refractivity contribution < 1.29 is 9.53 Å². The lowest BCUT2D eigenvalue weighted by molar-refractivity contribution is -0.128. The fourth-order valence-corrected chi connectivity index (χ4v) is 2.53. The Morgan fingerprint density at radius 3 is 2.75 bits per heavy atom. The van der Waals surface area contributed by atoms with Crippen LogP contribution in [0.4, 0.5) is 0 Å². The SMILES string of the molecule is CC[C@@H](Oc1ccc2c(c1)CCC2)C(=O)NCC(C)C. The van der Waals surface area contributed by atoms with Gasteiger partial charge in [0.25, 0.3) is 5.91 Å². The number of hydrogen-bond acceptors (Lipinski definition) is 2. The Labute approximate surface area is 121 Å². The van der Waals surface area contributed by atoms with Crippen molar-refractivity contribution in [3.8, 4) is 5.75 Å². The van der Waals surface area contributed by atoms with E-state index in [4.69, 9.17) is 4.74 Å². The highest BCUT2D eigenvalue weighted by Crippen LogP contribution is 2.26. The van der Waals surface area contributed by atoms with E-state index in [1.807, 2.05) is 13.0 Å². The lowest BCUT2D eigenvalue weighted by Gasteiger charge is -2.18. The molecule has 3 nitrogen and oxygen atoms in total. The van der Waals surface area contributed by atoms with E-state index < -0.39 is 6.10 Å². The van der Waals surface area contributed by atoms with Gasteiger partial charge in [-0.3, -0.25) is 4.79 Å². The van der Waals surface area contributed by atoms with Gasteiger partial charge in [0.15, 0.2) is 6.10 Å². The van der Waals surface area contributed by atoms with Crippen molar-refractivity contribution in [2.45, 2.75) is 52.6 Å². The molecule has 0 spiro atoms. The molecule has 20 heavy (non-hydrogen) atoms. The molecule has 0 aliphatic heterocycles. The van der Waals surface area contributed by atoms with Crippen LogP contribution in [-0.4, -0.2) is 18.6 Å². The molecule has 0 bridgehead atoms. The van der Waals surface area contributed by atoms with E-state index in [2.05, 4.69) is 31.3 Å². The molecule has 0 aromatic heterocycles. The Morgan fingerprint density at radius 2 is 2.05 bits per heavy atom. The van der Waals surface area contributed by atoms with Crippen molar-refractivity contribution >= 4 is 5.91 Å². The third-order valence-electron chi connectivity index (χ3n) is 3.70. The molecule has 1 aliphatic carbocycles. The third kappa shape index (κ3) is 3.75. The summed E-state index contributed by atoms with van der Waals surface area (Å²) in [6, 6.07) is 6.22. The number of carbonyl (C=O) groups excluding carboxylic acids is 1. The first-order valence-electron chi connectivity index (χ1n) is 7.66. The molecule has 1 aliphatic rings. The van der Waals surface area contributed by atoms with Crippen LogP contribution in [0.25, 0.3) is 0 Å². The fourth-order valence-electron chi connectivity index (χ4n) is 2.53. The molecule has 1 amide bonds. The molecule has 110 valence electrons. The van der Waals surface area contributed by atoms with Gasteiger partial charge in [0.1, 0.15) is 5.75 Å². The highest BCUT2D eigenvalue weighted by Gasteiger charge is 2.19. The second-order valence-corrected chi connectivity index (χ2v) is 5.94. The van der Waals surface area contributed by atoms with Gasteiger partial charge in [-0.05, 0) is 54.9 Å².